The lowest BCUT2D eigenvalue weighted by atomic mass is 10.2. The SMILES string of the molecule is COc1cc(C=c2sc3nc(-c4cccnc4)nn3c2=O)ccc1OCc1ccccc1. The van der Waals surface area contributed by atoms with Crippen molar-refractivity contribution >= 4 is 22.4 Å². The predicted octanol–water partition coefficient (Wildman–Crippen LogP) is 3.35. The number of rotatable bonds is 6. The van der Waals surface area contributed by atoms with Crippen molar-refractivity contribution in [3.63, 3.8) is 0 Å². The van der Waals surface area contributed by atoms with Crippen LogP contribution in [0.4, 0.5) is 0 Å². The average Bonchev–Trinajstić information content (AvgIpc) is 3.38. The Morgan fingerprint density at radius 3 is 2.69 bits per heavy atom. The molecule has 0 bridgehead atoms. The second-order valence-electron chi connectivity index (χ2n) is 6.97. The Kier molecular flexibility index (Phi) is 5.35. The van der Waals surface area contributed by atoms with Gasteiger partial charge in [0.25, 0.3) is 5.56 Å². The van der Waals surface area contributed by atoms with Crippen molar-refractivity contribution in [3.8, 4) is 22.9 Å². The molecule has 8 heteroatoms. The zero-order chi connectivity index (χ0) is 21.9. The van der Waals surface area contributed by atoms with Crippen molar-refractivity contribution in [1.82, 2.24) is 19.6 Å². The van der Waals surface area contributed by atoms with Crippen molar-refractivity contribution in [2.24, 2.45) is 0 Å². The fourth-order valence-electron chi connectivity index (χ4n) is 3.23. The van der Waals surface area contributed by atoms with Crippen molar-refractivity contribution in [2.45, 2.75) is 6.61 Å². The van der Waals surface area contributed by atoms with Crippen molar-refractivity contribution < 1.29 is 9.47 Å². The standard InChI is InChI=1S/C24H18N4O3S/c1-30-20-12-17(9-10-19(20)31-15-16-6-3-2-4-7-16)13-21-23(29)28-24(32-21)26-22(27-28)18-8-5-11-25-14-18/h2-14H,15H2,1H3. The van der Waals surface area contributed by atoms with Crippen LogP contribution in [-0.4, -0.2) is 26.7 Å². The van der Waals surface area contributed by atoms with Crippen LogP contribution in [-0.2, 0) is 6.61 Å². The smallest absolute Gasteiger partial charge is 0.291 e. The molecule has 0 radical (unpaired) electrons. The molecule has 0 unspecified atom stereocenters. The second kappa shape index (κ2) is 8.60. The molecular weight excluding hydrogens is 424 g/mol. The van der Waals surface area contributed by atoms with Gasteiger partial charge in [-0.2, -0.15) is 9.50 Å². The third kappa shape index (κ3) is 3.95. The first kappa shape index (κ1) is 19.9. The molecule has 0 N–H and O–H groups in total. The number of thiazole rings is 1. The highest BCUT2D eigenvalue weighted by Crippen LogP contribution is 2.29. The van der Waals surface area contributed by atoms with Crippen molar-refractivity contribution in [1.29, 1.82) is 0 Å². The van der Waals surface area contributed by atoms with Crippen molar-refractivity contribution in [2.75, 3.05) is 7.11 Å². The molecule has 3 heterocycles. The van der Waals surface area contributed by atoms with Gasteiger partial charge in [0.1, 0.15) is 6.61 Å². The predicted molar refractivity (Wildman–Crippen MR) is 123 cm³/mol. The zero-order valence-electron chi connectivity index (χ0n) is 17.1. The Bertz CT molecular complexity index is 1480. The first-order valence-corrected chi connectivity index (χ1v) is 10.7. The summed E-state index contributed by atoms with van der Waals surface area (Å²) in [5.74, 6) is 1.72. The van der Waals surface area contributed by atoms with Gasteiger partial charge in [-0.25, -0.2) is 0 Å². The minimum atomic E-state index is -0.212. The fraction of sp³-hybridized carbons (Fsp3) is 0.0833. The van der Waals surface area contributed by atoms with Gasteiger partial charge < -0.3 is 9.47 Å². The maximum absolute atomic E-state index is 12.8. The van der Waals surface area contributed by atoms with E-state index in [4.69, 9.17) is 9.47 Å². The Labute approximate surface area is 187 Å². The Morgan fingerprint density at radius 1 is 1.06 bits per heavy atom. The largest absolute Gasteiger partial charge is 0.493 e. The highest BCUT2D eigenvalue weighted by molar-refractivity contribution is 7.15. The second-order valence-corrected chi connectivity index (χ2v) is 7.98. The molecule has 0 aliphatic heterocycles. The quantitative estimate of drug-likeness (QED) is 0.401. The lowest BCUT2D eigenvalue weighted by molar-refractivity contribution is 0.284. The van der Waals surface area contributed by atoms with Gasteiger partial charge in [0, 0.05) is 18.0 Å². The highest BCUT2D eigenvalue weighted by Gasteiger charge is 2.12. The van der Waals surface area contributed by atoms with Gasteiger partial charge in [0.05, 0.1) is 11.6 Å². The molecular formula is C24H18N4O3S. The number of hydrogen-bond donors (Lipinski definition) is 0. The maximum Gasteiger partial charge on any atom is 0.291 e. The molecule has 158 valence electrons. The van der Waals surface area contributed by atoms with Crippen molar-refractivity contribution in [3.05, 3.63) is 99.1 Å². The molecule has 0 atom stereocenters. The van der Waals surface area contributed by atoms with E-state index in [0.29, 0.717) is 33.4 Å². The lowest BCUT2D eigenvalue weighted by Gasteiger charge is -2.11. The van der Waals surface area contributed by atoms with Crippen LogP contribution in [0.1, 0.15) is 11.1 Å². The summed E-state index contributed by atoms with van der Waals surface area (Å²) >= 11 is 1.29. The summed E-state index contributed by atoms with van der Waals surface area (Å²) in [5.41, 5.74) is 2.45. The first-order valence-electron chi connectivity index (χ1n) is 9.88. The highest BCUT2D eigenvalue weighted by atomic mass is 32.1. The van der Waals surface area contributed by atoms with Gasteiger partial charge in [-0.15, -0.1) is 5.10 Å². The number of fused-ring (bicyclic) bond motifs is 1. The van der Waals surface area contributed by atoms with E-state index >= 15 is 0 Å². The van der Waals surface area contributed by atoms with E-state index in [1.54, 1.807) is 25.6 Å². The fourth-order valence-corrected chi connectivity index (χ4v) is 4.14. The lowest BCUT2D eigenvalue weighted by Crippen LogP contribution is -2.23. The molecule has 7 nitrogen and oxygen atoms in total. The van der Waals surface area contributed by atoms with E-state index in [0.717, 1.165) is 16.7 Å². The van der Waals surface area contributed by atoms with Gasteiger partial charge in [0.15, 0.2) is 17.3 Å². The van der Waals surface area contributed by atoms with E-state index in [9.17, 15) is 4.79 Å². The summed E-state index contributed by atoms with van der Waals surface area (Å²) in [5, 5.41) is 4.34. The number of pyridine rings is 1. The number of hydrogen-bond acceptors (Lipinski definition) is 7. The van der Waals surface area contributed by atoms with E-state index in [1.165, 1.54) is 15.9 Å². The van der Waals surface area contributed by atoms with Gasteiger partial charge in [-0.1, -0.05) is 47.7 Å². The molecule has 0 spiro atoms. The van der Waals surface area contributed by atoms with E-state index in [-0.39, 0.29) is 5.56 Å². The van der Waals surface area contributed by atoms with Crippen LogP contribution >= 0.6 is 11.3 Å². The Balaban J connectivity index is 1.43. The van der Waals surface area contributed by atoms with Gasteiger partial charge >= 0.3 is 0 Å². The molecule has 5 rings (SSSR count). The normalized spacial score (nSPS) is 11.7. The minimum absolute atomic E-state index is 0.212. The Hall–Kier alpha value is -4.04. The van der Waals surface area contributed by atoms with Gasteiger partial charge in [-0.05, 0) is 41.5 Å². The molecule has 0 aliphatic carbocycles. The number of aromatic nitrogens is 4. The minimum Gasteiger partial charge on any atom is -0.493 e. The number of benzene rings is 2. The van der Waals surface area contributed by atoms with Crippen LogP contribution in [0, 0.1) is 0 Å². The molecule has 32 heavy (non-hydrogen) atoms. The summed E-state index contributed by atoms with van der Waals surface area (Å²) in [6.07, 6.45) is 5.15. The molecule has 0 aliphatic rings. The molecule has 0 saturated heterocycles. The molecule has 0 amide bonds. The molecule has 5 aromatic rings. The van der Waals surface area contributed by atoms with Gasteiger partial charge in [-0.3, -0.25) is 9.78 Å². The van der Waals surface area contributed by atoms with E-state index in [1.807, 2.05) is 60.7 Å². The van der Waals surface area contributed by atoms with Crippen LogP contribution < -0.4 is 19.6 Å². The molecule has 2 aromatic carbocycles. The summed E-state index contributed by atoms with van der Waals surface area (Å²) in [7, 11) is 1.59. The summed E-state index contributed by atoms with van der Waals surface area (Å²) in [4.78, 5) is 21.9. The number of methoxy groups -OCH3 is 1. The van der Waals surface area contributed by atoms with Gasteiger partial charge in [0.2, 0.25) is 4.96 Å². The molecule has 3 aromatic heterocycles. The topological polar surface area (TPSA) is 78.6 Å². The maximum atomic E-state index is 12.8. The summed E-state index contributed by atoms with van der Waals surface area (Å²) in [6, 6.07) is 19.2. The van der Waals surface area contributed by atoms with E-state index < -0.39 is 0 Å². The third-order valence-electron chi connectivity index (χ3n) is 4.82. The zero-order valence-corrected chi connectivity index (χ0v) is 18.0. The molecule has 0 fully saturated rings. The third-order valence-corrected chi connectivity index (χ3v) is 5.78. The summed E-state index contributed by atoms with van der Waals surface area (Å²) < 4.78 is 13.3. The van der Waals surface area contributed by atoms with Crippen LogP contribution in [0.2, 0.25) is 0 Å². The van der Waals surface area contributed by atoms with Crippen LogP contribution in [0.25, 0.3) is 22.4 Å². The van der Waals surface area contributed by atoms with Crippen LogP contribution in [0.3, 0.4) is 0 Å². The number of nitrogens with zero attached hydrogens (tertiary/aromatic N) is 4. The van der Waals surface area contributed by atoms with Crippen LogP contribution in [0.5, 0.6) is 11.5 Å². The van der Waals surface area contributed by atoms with E-state index in [2.05, 4.69) is 15.1 Å². The Morgan fingerprint density at radius 2 is 1.94 bits per heavy atom. The monoisotopic (exact) mass is 442 g/mol. The first-order chi connectivity index (χ1) is 15.7. The molecule has 0 saturated carbocycles. The summed E-state index contributed by atoms with van der Waals surface area (Å²) in [6.45, 7) is 0.442. The van der Waals surface area contributed by atoms with Crippen LogP contribution in [0.15, 0.2) is 77.9 Å². The number of ether oxygens (including phenoxy) is 2. The average molecular weight is 443 g/mol.